The minimum atomic E-state index is -0.0967. The van der Waals surface area contributed by atoms with Crippen molar-refractivity contribution in [2.45, 2.75) is 37.8 Å². The Morgan fingerprint density at radius 2 is 1.82 bits per heavy atom. The number of nitrogens with zero attached hydrogens (tertiary/aromatic N) is 6. The highest BCUT2D eigenvalue weighted by atomic mass is 35.5. The molecule has 34 heavy (non-hydrogen) atoms. The topological polar surface area (TPSA) is 68.8 Å². The van der Waals surface area contributed by atoms with E-state index < -0.39 is 0 Å². The van der Waals surface area contributed by atoms with Crippen LogP contribution in [0.1, 0.15) is 47.1 Å². The van der Waals surface area contributed by atoms with Gasteiger partial charge in [-0.25, -0.2) is 4.68 Å². The number of carbonyl (C=O) groups is 1. The summed E-state index contributed by atoms with van der Waals surface area (Å²) in [7, 11) is 1.93. The molecule has 1 fully saturated rings. The van der Waals surface area contributed by atoms with Crippen LogP contribution in [0.2, 0.25) is 10.0 Å². The van der Waals surface area contributed by atoms with Gasteiger partial charge in [-0.15, -0.1) is 5.10 Å². The SMILES string of the molecule is Cn1nc2c(c1-c1cc(Cl)cc(Cl)c1)C[C@@H]1CCC[C@H]2N1C(=O)c1cn(-c2ccccc2)nn1. The molecule has 2 aromatic heterocycles. The zero-order valence-corrected chi connectivity index (χ0v) is 20.0. The maximum Gasteiger partial charge on any atom is 0.276 e. The summed E-state index contributed by atoms with van der Waals surface area (Å²) in [5.41, 5.74) is 5.29. The van der Waals surface area contributed by atoms with E-state index in [4.69, 9.17) is 28.3 Å². The minimum absolute atomic E-state index is 0.0817. The molecule has 1 amide bonds. The zero-order valence-electron chi connectivity index (χ0n) is 18.5. The van der Waals surface area contributed by atoms with Crippen LogP contribution in [-0.2, 0) is 13.5 Å². The number of amides is 1. The number of carbonyl (C=O) groups excluding carboxylic acids is 1. The number of piperidine rings is 1. The summed E-state index contributed by atoms with van der Waals surface area (Å²) in [4.78, 5) is 15.6. The number of halogens is 2. The number of aromatic nitrogens is 5. The molecule has 0 N–H and O–H groups in total. The number of rotatable bonds is 3. The molecule has 2 atom stereocenters. The quantitative estimate of drug-likeness (QED) is 0.390. The predicted molar refractivity (Wildman–Crippen MR) is 130 cm³/mol. The molecule has 2 aliphatic rings. The molecule has 0 saturated carbocycles. The lowest BCUT2D eigenvalue weighted by atomic mass is 9.81. The summed E-state index contributed by atoms with van der Waals surface area (Å²) >= 11 is 12.6. The average Bonchev–Trinajstić information content (AvgIpc) is 3.43. The van der Waals surface area contributed by atoms with Gasteiger partial charge in [0.25, 0.3) is 5.91 Å². The number of benzene rings is 2. The van der Waals surface area contributed by atoms with Crippen LogP contribution in [-0.4, -0.2) is 41.6 Å². The van der Waals surface area contributed by atoms with Gasteiger partial charge in [0.05, 0.1) is 29.3 Å². The standard InChI is InChI=1S/C25H22Cl2N6O/c1-31-24(15-10-16(26)12-17(27)11-15)20-13-19-8-5-9-22(23(20)29-31)33(19)25(34)21-14-32(30-28-21)18-6-3-2-4-7-18/h2-4,6-7,10-12,14,19,22H,5,8-9,13H2,1H3/t19-,22+/m0/s1. The fraction of sp³-hybridized carbons (Fsp3) is 0.280. The summed E-state index contributed by atoms with van der Waals surface area (Å²) in [5.74, 6) is -0.0967. The highest BCUT2D eigenvalue weighted by Gasteiger charge is 2.44. The van der Waals surface area contributed by atoms with Crippen LogP contribution in [0.4, 0.5) is 0 Å². The van der Waals surface area contributed by atoms with Crippen molar-refractivity contribution in [2.75, 3.05) is 0 Å². The number of hydrogen-bond acceptors (Lipinski definition) is 4. The summed E-state index contributed by atoms with van der Waals surface area (Å²) in [6.07, 6.45) is 5.32. The van der Waals surface area contributed by atoms with Crippen LogP contribution in [0.3, 0.4) is 0 Å². The third-order valence-electron chi connectivity index (χ3n) is 6.78. The summed E-state index contributed by atoms with van der Waals surface area (Å²) in [6, 6.07) is 15.2. The minimum Gasteiger partial charge on any atom is -0.325 e. The fourth-order valence-corrected chi connectivity index (χ4v) is 5.93. The molecule has 4 heterocycles. The molecule has 2 aliphatic heterocycles. The van der Waals surface area contributed by atoms with E-state index in [1.165, 1.54) is 5.56 Å². The Morgan fingerprint density at radius 1 is 1.06 bits per heavy atom. The first kappa shape index (κ1) is 21.4. The van der Waals surface area contributed by atoms with Crippen LogP contribution in [0.15, 0.2) is 54.7 Å². The van der Waals surface area contributed by atoms with E-state index in [9.17, 15) is 4.79 Å². The number of hydrogen-bond donors (Lipinski definition) is 0. The second kappa shape index (κ2) is 8.25. The third kappa shape index (κ3) is 3.51. The lowest BCUT2D eigenvalue weighted by molar-refractivity contribution is 0.0386. The molecule has 0 radical (unpaired) electrons. The van der Waals surface area contributed by atoms with Gasteiger partial charge in [0.2, 0.25) is 0 Å². The van der Waals surface area contributed by atoms with Crippen LogP contribution in [0, 0.1) is 0 Å². The van der Waals surface area contributed by atoms with Crippen molar-refractivity contribution >= 4 is 29.1 Å². The van der Waals surface area contributed by atoms with Gasteiger partial charge in [0.1, 0.15) is 0 Å². The molecule has 0 spiro atoms. The fourth-order valence-electron chi connectivity index (χ4n) is 5.40. The van der Waals surface area contributed by atoms with E-state index in [0.29, 0.717) is 15.7 Å². The van der Waals surface area contributed by atoms with E-state index in [2.05, 4.69) is 10.3 Å². The largest absolute Gasteiger partial charge is 0.325 e. The number of aryl methyl sites for hydroxylation is 1. The molecular formula is C25H22Cl2N6O. The maximum absolute atomic E-state index is 13.7. The average molecular weight is 493 g/mol. The molecule has 6 rings (SSSR count). The van der Waals surface area contributed by atoms with Crippen molar-refractivity contribution < 1.29 is 4.79 Å². The molecule has 0 unspecified atom stereocenters. The Hall–Kier alpha value is -3.16. The Kier molecular flexibility index (Phi) is 5.19. The first-order chi connectivity index (χ1) is 16.5. The summed E-state index contributed by atoms with van der Waals surface area (Å²) < 4.78 is 3.53. The smallest absolute Gasteiger partial charge is 0.276 e. The van der Waals surface area contributed by atoms with Crippen LogP contribution >= 0.6 is 23.2 Å². The van der Waals surface area contributed by atoms with E-state index in [1.54, 1.807) is 16.9 Å². The molecule has 4 aromatic rings. The van der Waals surface area contributed by atoms with Crippen molar-refractivity contribution in [1.29, 1.82) is 0 Å². The van der Waals surface area contributed by atoms with E-state index >= 15 is 0 Å². The first-order valence-electron chi connectivity index (χ1n) is 11.3. The Labute approximate surface area is 206 Å². The van der Waals surface area contributed by atoms with Crippen LogP contribution in [0.25, 0.3) is 16.9 Å². The highest BCUT2D eigenvalue weighted by Crippen LogP contribution is 2.45. The van der Waals surface area contributed by atoms with E-state index in [0.717, 1.165) is 48.3 Å². The predicted octanol–water partition coefficient (Wildman–Crippen LogP) is 5.27. The second-order valence-corrected chi connectivity index (χ2v) is 9.77. The normalized spacial score (nSPS) is 19.2. The molecule has 0 aliphatic carbocycles. The summed E-state index contributed by atoms with van der Waals surface area (Å²) in [6.45, 7) is 0. The van der Waals surface area contributed by atoms with Crippen molar-refractivity contribution in [3.8, 4) is 16.9 Å². The van der Waals surface area contributed by atoms with Crippen molar-refractivity contribution in [2.24, 2.45) is 7.05 Å². The molecule has 7 nitrogen and oxygen atoms in total. The molecule has 172 valence electrons. The van der Waals surface area contributed by atoms with Crippen molar-refractivity contribution in [1.82, 2.24) is 29.7 Å². The Morgan fingerprint density at radius 3 is 2.59 bits per heavy atom. The number of para-hydroxylation sites is 1. The lowest BCUT2D eigenvalue weighted by Crippen LogP contribution is -2.50. The third-order valence-corrected chi connectivity index (χ3v) is 7.22. The van der Waals surface area contributed by atoms with Crippen LogP contribution < -0.4 is 0 Å². The van der Waals surface area contributed by atoms with E-state index in [1.807, 2.05) is 59.1 Å². The van der Waals surface area contributed by atoms with Gasteiger partial charge in [0, 0.05) is 34.3 Å². The van der Waals surface area contributed by atoms with Gasteiger partial charge >= 0.3 is 0 Å². The second-order valence-electron chi connectivity index (χ2n) is 8.90. The Balaban J connectivity index is 1.37. The van der Waals surface area contributed by atoms with Crippen molar-refractivity contribution in [3.63, 3.8) is 0 Å². The van der Waals surface area contributed by atoms with Gasteiger partial charge < -0.3 is 4.90 Å². The van der Waals surface area contributed by atoms with Crippen molar-refractivity contribution in [3.05, 3.63) is 81.7 Å². The lowest BCUT2D eigenvalue weighted by Gasteiger charge is -2.45. The van der Waals surface area contributed by atoms with Gasteiger partial charge in [0.15, 0.2) is 5.69 Å². The molecule has 2 bridgehead atoms. The maximum atomic E-state index is 13.7. The van der Waals surface area contributed by atoms with Crippen LogP contribution in [0.5, 0.6) is 0 Å². The number of fused-ring (bicyclic) bond motifs is 4. The van der Waals surface area contributed by atoms with Gasteiger partial charge in [-0.05, 0) is 56.0 Å². The monoisotopic (exact) mass is 492 g/mol. The molecule has 2 aromatic carbocycles. The molecule has 1 saturated heterocycles. The van der Waals surface area contributed by atoms with Gasteiger partial charge in [-0.3, -0.25) is 9.48 Å². The summed E-state index contributed by atoms with van der Waals surface area (Å²) in [5, 5.41) is 14.5. The van der Waals surface area contributed by atoms with Gasteiger partial charge in [-0.1, -0.05) is 46.6 Å². The zero-order chi connectivity index (χ0) is 23.4. The highest BCUT2D eigenvalue weighted by molar-refractivity contribution is 6.35. The Bertz CT molecular complexity index is 1380. The van der Waals surface area contributed by atoms with E-state index in [-0.39, 0.29) is 18.0 Å². The van der Waals surface area contributed by atoms with Gasteiger partial charge in [-0.2, -0.15) is 5.10 Å². The molecule has 9 heteroatoms. The first-order valence-corrected chi connectivity index (χ1v) is 12.1. The molecular weight excluding hydrogens is 471 g/mol.